The molecule has 2 rings (SSSR count). The molecule has 0 fully saturated rings. The van der Waals surface area contributed by atoms with Crippen molar-refractivity contribution in [1.29, 1.82) is 0 Å². The highest BCUT2D eigenvalue weighted by molar-refractivity contribution is 7.82. The minimum Gasteiger partial charge on any atom is -0.357 e. The van der Waals surface area contributed by atoms with Crippen molar-refractivity contribution in [3.05, 3.63) is 36.7 Å². The standard InChI is InChI=1S/C10H6F2N2O6S2/c11-21(15,16)19-7-1-3-9(13-5-7)10-4-2-8(6-14-10)20-22(12,17)18/h1-6H. The monoisotopic (exact) mass is 352 g/mol. The molecule has 0 unspecified atom stereocenters. The van der Waals surface area contributed by atoms with Gasteiger partial charge in [0.1, 0.15) is 0 Å². The lowest BCUT2D eigenvalue weighted by Gasteiger charge is -2.03. The van der Waals surface area contributed by atoms with E-state index in [9.17, 15) is 24.6 Å². The van der Waals surface area contributed by atoms with Gasteiger partial charge in [0.2, 0.25) is 0 Å². The van der Waals surface area contributed by atoms with Gasteiger partial charge in [-0.05, 0) is 24.3 Å². The fourth-order valence-corrected chi connectivity index (χ4v) is 2.05. The maximum atomic E-state index is 12.3. The summed E-state index contributed by atoms with van der Waals surface area (Å²) in [5.41, 5.74) is 0.497. The number of rotatable bonds is 5. The number of hydrogen-bond donors (Lipinski definition) is 0. The minimum absolute atomic E-state index is 0.248. The molecular formula is C10H6F2N2O6S2. The molecule has 0 aliphatic carbocycles. The molecule has 12 heteroatoms. The van der Waals surface area contributed by atoms with Crippen LogP contribution >= 0.6 is 0 Å². The molecule has 0 amide bonds. The summed E-state index contributed by atoms with van der Waals surface area (Å²) in [6, 6.07) is 4.85. The second-order valence-corrected chi connectivity index (χ2v) is 5.62. The average molecular weight is 352 g/mol. The predicted octanol–water partition coefficient (Wildman–Crippen LogP) is 1.33. The third kappa shape index (κ3) is 4.89. The molecule has 8 nitrogen and oxygen atoms in total. The van der Waals surface area contributed by atoms with E-state index in [1.807, 2.05) is 0 Å². The van der Waals surface area contributed by atoms with Crippen LogP contribution in [0.25, 0.3) is 11.4 Å². The summed E-state index contributed by atoms with van der Waals surface area (Å²) in [6.07, 6.45) is 1.90. The van der Waals surface area contributed by atoms with E-state index in [2.05, 4.69) is 18.3 Å². The van der Waals surface area contributed by atoms with Crippen LogP contribution in [-0.4, -0.2) is 26.8 Å². The molecule has 0 saturated heterocycles. The van der Waals surface area contributed by atoms with Gasteiger partial charge in [0, 0.05) is 0 Å². The lowest BCUT2D eigenvalue weighted by Crippen LogP contribution is -2.02. The molecular weight excluding hydrogens is 346 g/mol. The predicted molar refractivity (Wildman–Crippen MR) is 68.8 cm³/mol. The number of hydrogen-bond acceptors (Lipinski definition) is 8. The third-order valence-corrected chi connectivity index (χ3v) is 2.91. The normalized spacial score (nSPS) is 11.9. The molecule has 2 aromatic rings. The van der Waals surface area contributed by atoms with Crippen molar-refractivity contribution in [2.45, 2.75) is 0 Å². The van der Waals surface area contributed by atoms with Crippen molar-refractivity contribution in [3.8, 4) is 22.9 Å². The van der Waals surface area contributed by atoms with E-state index in [4.69, 9.17) is 0 Å². The first-order chi connectivity index (χ1) is 10.1. The van der Waals surface area contributed by atoms with Gasteiger partial charge in [-0.25, -0.2) is 0 Å². The Hall–Kier alpha value is -2.34. The summed E-state index contributed by atoms with van der Waals surface area (Å²) in [4.78, 5) is 7.57. The lowest BCUT2D eigenvalue weighted by atomic mass is 10.2. The Labute approximate surface area is 124 Å². The maximum Gasteiger partial charge on any atom is 0.488 e. The highest BCUT2D eigenvalue weighted by Gasteiger charge is 2.12. The topological polar surface area (TPSA) is 113 Å². The molecule has 0 bridgehead atoms. The summed E-state index contributed by atoms with van der Waals surface area (Å²) >= 11 is 0. The van der Waals surface area contributed by atoms with Gasteiger partial charge in [0.05, 0.1) is 23.8 Å². The molecule has 118 valence electrons. The Kier molecular flexibility index (Phi) is 4.23. The van der Waals surface area contributed by atoms with E-state index in [0.717, 1.165) is 24.5 Å². The molecule has 0 saturated carbocycles. The summed E-state index contributed by atoms with van der Waals surface area (Å²) < 4.78 is 73.6. The molecule has 22 heavy (non-hydrogen) atoms. The van der Waals surface area contributed by atoms with Gasteiger partial charge in [0.25, 0.3) is 0 Å². The van der Waals surface area contributed by atoms with Crippen LogP contribution in [0.3, 0.4) is 0 Å². The zero-order valence-electron chi connectivity index (χ0n) is 10.4. The quantitative estimate of drug-likeness (QED) is 0.741. The Bertz CT molecular complexity index is 791. The third-order valence-electron chi connectivity index (χ3n) is 2.13. The van der Waals surface area contributed by atoms with Crippen molar-refractivity contribution in [2.75, 3.05) is 0 Å². The van der Waals surface area contributed by atoms with Gasteiger partial charge in [-0.1, -0.05) is 7.77 Å². The van der Waals surface area contributed by atoms with Crippen molar-refractivity contribution >= 4 is 21.0 Å². The molecule has 0 N–H and O–H groups in total. The van der Waals surface area contributed by atoms with Gasteiger partial charge in [-0.15, -0.1) is 0 Å². The summed E-state index contributed by atoms with van der Waals surface area (Å²) in [7, 11) is -10.3. The van der Waals surface area contributed by atoms with E-state index in [0.29, 0.717) is 0 Å². The molecule has 0 aliphatic rings. The Balaban J connectivity index is 2.18. The largest absolute Gasteiger partial charge is 0.488 e. The van der Waals surface area contributed by atoms with E-state index < -0.39 is 21.0 Å². The van der Waals surface area contributed by atoms with Crippen molar-refractivity contribution < 1.29 is 33.0 Å². The molecule has 0 aliphatic heterocycles. The fraction of sp³-hybridized carbons (Fsp3) is 0. The molecule has 2 aromatic heterocycles. The Morgan fingerprint density at radius 3 is 1.32 bits per heavy atom. The van der Waals surface area contributed by atoms with E-state index >= 15 is 0 Å². The smallest absolute Gasteiger partial charge is 0.357 e. The summed E-state index contributed by atoms with van der Waals surface area (Å²) in [5, 5.41) is 0. The summed E-state index contributed by atoms with van der Waals surface area (Å²) in [6.45, 7) is 0. The number of nitrogens with zero attached hydrogens (tertiary/aromatic N) is 2. The molecule has 0 aromatic carbocycles. The van der Waals surface area contributed by atoms with Gasteiger partial charge in [0.15, 0.2) is 11.5 Å². The fourth-order valence-electron chi connectivity index (χ4n) is 1.39. The van der Waals surface area contributed by atoms with Crippen molar-refractivity contribution in [2.24, 2.45) is 0 Å². The first-order valence-electron chi connectivity index (χ1n) is 5.33. The van der Waals surface area contributed by atoms with Crippen LogP contribution < -0.4 is 8.37 Å². The first kappa shape index (κ1) is 16.0. The van der Waals surface area contributed by atoms with Crippen molar-refractivity contribution in [3.63, 3.8) is 0 Å². The highest BCUT2D eigenvalue weighted by Crippen LogP contribution is 2.21. The number of aromatic nitrogens is 2. The molecule has 0 atom stereocenters. The second-order valence-electron chi connectivity index (χ2n) is 3.71. The van der Waals surface area contributed by atoms with Gasteiger partial charge in [-0.3, -0.25) is 9.97 Å². The van der Waals surface area contributed by atoms with E-state index in [-0.39, 0.29) is 22.9 Å². The van der Waals surface area contributed by atoms with Gasteiger partial charge < -0.3 is 8.37 Å². The Morgan fingerprint density at radius 1 is 0.727 bits per heavy atom. The van der Waals surface area contributed by atoms with Crippen LogP contribution in [0.15, 0.2) is 36.7 Å². The minimum atomic E-state index is -5.14. The van der Waals surface area contributed by atoms with Crippen LogP contribution in [0.1, 0.15) is 0 Å². The van der Waals surface area contributed by atoms with E-state index in [1.54, 1.807) is 0 Å². The van der Waals surface area contributed by atoms with Crippen LogP contribution in [0.2, 0.25) is 0 Å². The average Bonchev–Trinajstić information content (AvgIpc) is 2.37. The number of halogens is 2. The Morgan fingerprint density at radius 2 is 1.09 bits per heavy atom. The van der Waals surface area contributed by atoms with Crippen molar-refractivity contribution in [1.82, 2.24) is 9.97 Å². The molecule has 0 spiro atoms. The zero-order valence-corrected chi connectivity index (χ0v) is 12.0. The highest BCUT2D eigenvalue weighted by atomic mass is 32.3. The second kappa shape index (κ2) is 5.81. The zero-order chi connectivity index (χ0) is 16.4. The van der Waals surface area contributed by atoms with E-state index in [1.165, 1.54) is 12.1 Å². The summed E-state index contributed by atoms with van der Waals surface area (Å²) in [5.74, 6) is -0.676. The van der Waals surface area contributed by atoms with Crippen LogP contribution in [0, 0.1) is 0 Å². The van der Waals surface area contributed by atoms with Crippen LogP contribution in [0.5, 0.6) is 11.5 Å². The molecule has 2 heterocycles. The number of pyridine rings is 2. The van der Waals surface area contributed by atoms with Gasteiger partial charge in [-0.2, -0.15) is 16.8 Å². The maximum absolute atomic E-state index is 12.3. The van der Waals surface area contributed by atoms with Gasteiger partial charge >= 0.3 is 21.0 Å². The first-order valence-corrected chi connectivity index (χ1v) is 7.95. The SMILES string of the molecule is O=S(=O)(F)Oc1ccc(-c2ccc(OS(=O)(=O)F)cn2)nc1. The van der Waals surface area contributed by atoms with Crippen LogP contribution in [-0.2, 0) is 21.0 Å². The molecule has 0 radical (unpaired) electrons. The van der Waals surface area contributed by atoms with Crippen LogP contribution in [0.4, 0.5) is 7.77 Å². The lowest BCUT2D eigenvalue weighted by molar-refractivity contribution is 0.437.